The van der Waals surface area contributed by atoms with Gasteiger partial charge in [-0.3, -0.25) is 9.59 Å². The van der Waals surface area contributed by atoms with Gasteiger partial charge in [0.1, 0.15) is 0 Å². The highest BCUT2D eigenvalue weighted by Crippen LogP contribution is 2.16. The SMILES string of the molecule is CCCCCCCCCCCCCC/C=C/C(O)C(CO)NC(=O)CCCCCCCCCCCCCCCCOC(=O)CCCCCCCCCCCCC. The average Bonchev–Trinajstić information content (AvgIpc) is 3.20. The van der Waals surface area contributed by atoms with E-state index in [-0.39, 0.29) is 18.5 Å². The van der Waals surface area contributed by atoms with Gasteiger partial charge in [-0.1, -0.05) is 238 Å². The Labute approximate surface area is 349 Å². The molecule has 0 rings (SSSR count). The van der Waals surface area contributed by atoms with Crippen molar-refractivity contribution in [1.82, 2.24) is 5.32 Å². The molecule has 3 N–H and O–H groups in total. The molecule has 6 nitrogen and oxygen atoms in total. The number of unbranched alkanes of at least 4 members (excludes halogenated alkanes) is 35. The fourth-order valence-electron chi connectivity index (χ4n) is 7.69. The number of nitrogens with one attached hydrogen (secondary N) is 1. The third-order valence-electron chi connectivity index (χ3n) is 11.6. The van der Waals surface area contributed by atoms with Crippen molar-refractivity contribution in [2.75, 3.05) is 13.2 Å². The number of carbonyl (C=O) groups excluding carboxylic acids is 2. The van der Waals surface area contributed by atoms with E-state index < -0.39 is 12.1 Å². The number of aliphatic hydroxyl groups excluding tert-OH is 2. The van der Waals surface area contributed by atoms with Crippen LogP contribution in [-0.4, -0.2) is 47.4 Å². The zero-order valence-corrected chi connectivity index (χ0v) is 37.6. The quantitative estimate of drug-likeness (QED) is 0.0324. The molecular weight excluding hydrogens is 695 g/mol. The molecule has 0 aliphatic carbocycles. The summed E-state index contributed by atoms with van der Waals surface area (Å²) in [5.74, 6) is -0.0817. The molecule has 332 valence electrons. The molecule has 0 aliphatic rings. The minimum atomic E-state index is -0.849. The molecule has 1 amide bonds. The Balaban J connectivity index is 3.48. The normalized spacial score (nSPS) is 12.7. The standard InChI is InChI=1S/C50H97NO5/c1-3-5-7-9-11-13-15-16-19-23-26-30-34-38-42-48(53)47(46-52)51-49(54)43-39-35-31-27-24-20-17-18-21-25-29-33-37-41-45-56-50(55)44-40-36-32-28-22-14-12-10-8-6-4-2/h38,42,47-48,52-53H,3-37,39-41,43-46H2,1-2H3,(H,51,54)/b42-38+. The molecule has 0 saturated heterocycles. The lowest BCUT2D eigenvalue weighted by Gasteiger charge is -2.20. The van der Waals surface area contributed by atoms with E-state index in [9.17, 15) is 19.8 Å². The highest BCUT2D eigenvalue weighted by molar-refractivity contribution is 5.76. The van der Waals surface area contributed by atoms with Crippen LogP contribution in [0.15, 0.2) is 12.2 Å². The number of aliphatic hydroxyl groups is 2. The van der Waals surface area contributed by atoms with E-state index >= 15 is 0 Å². The maximum atomic E-state index is 12.4. The monoisotopic (exact) mass is 792 g/mol. The van der Waals surface area contributed by atoms with Gasteiger partial charge >= 0.3 is 5.97 Å². The van der Waals surface area contributed by atoms with Crippen molar-refractivity contribution in [2.45, 2.75) is 283 Å². The van der Waals surface area contributed by atoms with E-state index in [1.807, 2.05) is 6.08 Å². The molecular formula is C50H97NO5. The summed E-state index contributed by atoms with van der Waals surface area (Å²) in [4.78, 5) is 24.4. The van der Waals surface area contributed by atoms with Crippen LogP contribution >= 0.6 is 0 Å². The highest BCUT2D eigenvalue weighted by atomic mass is 16.5. The first-order chi connectivity index (χ1) is 27.5. The van der Waals surface area contributed by atoms with E-state index in [0.717, 1.165) is 57.8 Å². The Morgan fingerprint density at radius 1 is 0.482 bits per heavy atom. The Bertz CT molecular complexity index is 832. The summed E-state index contributed by atoms with van der Waals surface area (Å²) < 4.78 is 5.44. The van der Waals surface area contributed by atoms with Gasteiger partial charge in [0.05, 0.1) is 25.4 Å². The molecule has 2 atom stereocenters. The van der Waals surface area contributed by atoms with Crippen molar-refractivity contribution in [3.63, 3.8) is 0 Å². The molecule has 0 bridgehead atoms. The Morgan fingerprint density at radius 2 is 0.821 bits per heavy atom. The molecule has 56 heavy (non-hydrogen) atoms. The first-order valence-corrected chi connectivity index (χ1v) is 25.0. The average molecular weight is 792 g/mol. The summed E-state index contributed by atoms with van der Waals surface area (Å²) in [7, 11) is 0. The number of hydrogen-bond acceptors (Lipinski definition) is 5. The molecule has 2 unspecified atom stereocenters. The molecule has 0 heterocycles. The molecule has 0 fully saturated rings. The second kappa shape index (κ2) is 46.3. The van der Waals surface area contributed by atoms with Crippen LogP contribution in [-0.2, 0) is 14.3 Å². The number of carbonyl (C=O) groups is 2. The van der Waals surface area contributed by atoms with Crippen molar-refractivity contribution in [2.24, 2.45) is 0 Å². The van der Waals surface area contributed by atoms with Gasteiger partial charge in [-0.05, 0) is 32.1 Å². The van der Waals surface area contributed by atoms with E-state index in [1.165, 1.54) is 186 Å². The maximum absolute atomic E-state index is 12.4. The Kier molecular flexibility index (Phi) is 45.1. The summed E-state index contributed by atoms with van der Waals surface area (Å²) >= 11 is 0. The Hall–Kier alpha value is -1.40. The van der Waals surface area contributed by atoms with Gasteiger partial charge in [0.25, 0.3) is 0 Å². The molecule has 0 aromatic heterocycles. The number of rotatable bonds is 46. The minimum Gasteiger partial charge on any atom is -0.466 e. The molecule has 0 aromatic carbocycles. The smallest absolute Gasteiger partial charge is 0.305 e. The molecule has 0 saturated carbocycles. The first kappa shape index (κ1) is 54.6. The molecule has 0 aromatic rings. The summed E-state index contributed by atoms with van der Waals surface area (Å²) in [5, 5.41) is 23.0. The summed E-state index contributed by atoms with van der Waals surface area (Å²) in [6.45, 7) is 4.87. The molecule has 0 aliphatic heterocycles. The van der Waals surface area contributed by atoms with E-state index in [1.54, 1.807) is 6.08 Å². The van der Waals surface area contributed by atoms with Crippen LogP contribution in [0.25, 0.3) is 0 Å². The second-order valence-electron chi connectivity index (χ2n) is 17.2. The van der Waals surface area contributed by atoms with Crippen LogP contribution in [0.5, 0.6) is 0 Å². The van der Waals surface area contributed by atoms with E-state index in [0.29, 0.717) is 19.4 Å². The van der Waals surface area contributed by atoms with Crippen molar-refractivity contribution in [3.8, 4) is 0 Å². The Morgan fingerprint density at radius 3 is 1.21 bits per heavy atom. The summed E-state index contributed by atoms with van der Waals surface area (Å²) in [5.41, 5.74) is 0. The van der Waals surface area contributed by atoms with Gasteiger partial charge in [-0.2, -0.15) is 0 Å². The summed E-state index contributed by atoms with van der Waals surface area (Å²) in [6.07, 6.45) is 52.0. The van der Waals surface area contributed by atoms with Crippen molar-refractivity contribution >= 4 is 11.9 Å². The number of ether oxygens (including phenoxy) is 1. The van der Waals surface area contributed by atoms with Crippen LogP contribution in [0.3, 0.4) is 0 Å². The fraction of sp³-hybridized carbons (Fsp3) is 0.920. The second-order valence-corrected chi connectivity index (χ2v) is 17.2. The van der Waals surface area contributed by atoms with Gasteiger partial charge < -0.3 is 20.3 Å². The van der Waals surface area contributed by atoms with Crippen LogP contribution in [0.4, 0.5) is 0 Å². The molecule has 0 radical (unpaired) electrons. The van der Waals surface area contributed by atoms with Gasteiger partial charge in [0.15, 0.2) is 0 Å². The third kappa shape index (κ3) is 42.2. The lowest BCUT2D eigenvalue weighted by Crippen LogP contribution is -2.45. The fourth-order valence-corrected chi connectivity index (χ4v) is 7.69. The molecule has 0 spiro atoms. The van der Waals surface area contributed by atoms with Crippen molar-refractivity contribution in [3.05, 3.63) is 12.2 Å². The van der Waals surface area contributed by atoms with Gasteiger partial charge in [0, 0.05) is 12.8 Å². The van der Waals surface area contributed by atoms with E-state index in [4.69, 9.17) is 4.74 Å². The van der Waals surface area contributed by atoms with Gasteiger partial charge in [-0.25, -0.2) is 0 Å². The van der Waals surface area contributed by atoms with Crippen LogP contribution in [0.1, 0.15) is 271 Å². The number of amides is 1. The minimum absolute atomic E-state index is 0.00383. The number of allylic oxidation sites excluding steroid dienone is 1. The first-order valence-electron chi connectivity index (χ1n) is 25.0. The zero-order valence-electron chi connectivity index (χ0n) is 37.6. The van der Waals surface area contributed by atoms with Crippen molar-refractivity contribution < 1.29 is 24.5 Å². The van der Waals surface area contributed by atoms with E-state index in [2.05, 4.69) is 19.2 Å². The maximum Gasteiger partial charge on any atom is 0.305 e. The molecule has 6 heteroatoms. The van der Waals surface area contributed by atoms with Gasteiger partial charge in [-0.15, -0.1) is 0 Å². The lowest BCUT2D eigenvalue weighted by molar-refractivity contribution is -0.143. The lowest BCUT2D eigenvalue weighted by atomic mass is 10.0. The highest BCUT2D eigenvalue weighted by Gasteiger charge is 2.18. The van der Waals surface area contributed by atoms with Crippen LogP contribution in [0.2, 0.25) is 0 Å². The van der Waals surface area contributed by atoms with Crippen LogP contribution < -0.4 is 5.32 Å². The predicted molar refractivity (Wildman–Crippen MR) is 241 cm³/mol. The number of esters is 1. The predicted octanol–water partition coefficient (Wildman–Crippen LogP) is 14.6. The largest absolute Gasteiger partial charge is 0.466 e. The third-order valence-corrected chi connectivity index (χ3v) is 11.6. The van der Waals surface area contributed by atoms with Gasteiger partial charge in [0.2, 0.25) is 5.91 Å². The van der Waals surface area contributed by atoms with Crippen LogP contribution in [0, 0.1) is 0 Å². The number of hydrogen-bond donors (Lipinski definition) is 3. The summed E-state index contributed by atoms with van der Waals surface area (Å²) in [6, 6.07) is -0.633. The van der Waals surface area contributed by atoms with Crippen molar-refractivity contribution in [1.29, 1.82) is 0 Å². The zero-order chi connectivity index (χ0) is 40.8. The topological polar surface area (TPSA) is 95.9 Å².